The van der Waals surface area contributed by atoms with Crippen LogP contribution in [-0.2, 0) is 6.54 Å². The molecule has 1 rings (SSSR count). The molecule has 0 aliphatic heterocycles. The van der Waals surface area contributed by atoms with Gasteiger partial charge in [0.05, 0.1) is 6.61 Å². The van der Waals surface area contributed by atoms with Crippen molar-refractivity contribution in [2.45, 2.75) is 72.9 Å². The number of hydrogen-bond donors (Lipinski definition) is 1. The second kappa shape index (κ2) is 9.83. The summed E-state index contributed by atoms with van der Waals surface area (Å²) in [5.74, 6) is 1.72. The summed E-state index contributed by atoms with van der Waals surface area (Å²) < 4.78 is 6.13. The van der Waals surface area contributed by atoms with Crippen molar-refractivity contribution >= 4 is 0 Å². The molecule has 0 spiro atoms. The van der Waals surface area contributed by atoms with Crippen LogP contribution in [0.15, 0.2) is 18.2 Å². The van der Waals surface area contributed by atoms with Crippen molar-refractivity contribution in [2.75, 3.05) is 6.61 Å². The van der Waals surface area contributed by atoms with E-state index in [9.17, 15) is 0 Å². The van der Waals surface area contributed by atoms with Crippen LogP contribution in [0.1, 0.15) is 64.5 Å². The van der Waals surface area contributed by atoms with Gasteiger partial charge in [-0.3, -0.25) is 0 Å². The first-order valence-electron chi connectivity index (χ1n) is 8.52. The molecule has 1 aromatic carbocycles. The number of benzene rings is 1. The maximum Gasteiger partial charge on any atom is 0.123 e. The molecule has 1 atom stereocenters. The normalized spacial score (nSPS) is 12.7. The number of hydrogen-bond acceptors (Lipinski definition) is 2. The van der Waals surface area contributed by atoms with Gasteiger partial charge in [0.25, 0.3) is 0 Å². The first-order chi connectivity index (χ1) is 10.1. The molecule has 0 fully saturated rings. The van der Waals surface area contributed by atoms with Crippen molar-refractivity contribution in [1.29, 1.82) is 0 Å². The van der Waals surface area contributed by atoms with Gasteiger partial charge in [-0.25, -0.2) is 0 Å². The predicted octanol–water partition coefficient (Wildman–Crippen LogP) is 5.09. The monoisotopic (exact) mass is 291 g/mol. The largest absolute Gasteiger partial charge is 0.493 e. The van der Waals surface area contributed by atoms with E-state index in [1.165, 1.54) is 36.8 Å². The number of aryl methyl sites for hydroxylation is 1. The van der Waals surface area contributed by atoms with Gasteiger partial charge in [-0.15, -0.1) is 0 Å². The highest BCUT2D eigenvalue weighted by Gasteiger charge is 2.10. The fourth-order valence-electron chi connectivity index (χ4n) is 2.41. The van der Waals surface area contributed by atoms with Crippen molar-refractivity contribution < 1.29 is 4.74 Å². The van der Waals surface area contributed by atoms with E-state index in [0.717, 1.165) is 18.9 Å². The minimum Gasteiger partial charge on any atom is -0.493 e. The molecule has 0 radical (unpaired) electrons. The average Bonchev–Trinajstić information content (AvgIpc) is 2.46. The van der Waals surface area contributed by atoms with Crippen LogP contribution >= 0.6 is 0 Å². The molecule has 0 saturated heterocycles. The summed E-state index contributed by atoms with van der Waals surface area (Å²) in [4.78, 5) is 0. The summed E-state index contributed by atoms with van der Waals surface area (Å²) >= 11 is 0. The van der Waals surface area contributed by atoms with E-state index in [-0.39, 0.29) is 0 Å². The zero-order valence-electron chi connectivity index (χ0n) is 14.5. The summed E-state index contributed by atoms with van der Waals surface area (Å²) in [5.41, 5.74) is 2.56. The molecule has 0 saturated carbocycles. The Kier molecular flexibility index (Phi) is 8.44. The van der Waals surface area contributed by atoms with Crippen LogP contribution in [0.2, 0.25) is 0 Å². The zero-order valence-corrected chi connectivity index (χ0v) is 14.5. The van der Waals surface area contributed by atoms with Crippen LogP contribution in [0, 0.1) is 12.8 Å². The summed E-state index contributed by atoms with van der Waals surface area (Å²) in [6, 6.07) is 6.99. The van der Waals surface area contributed by atoms with Gasteiger partial charge in [-0.2, -0.15) is 0 Å². The molecule has 1 N–H and O–H groups in total. The van der Waals surface area contributed by atoms with E-state index in [1.807, 2.05) is 0 Å². The lowest BCUT2D eigenvalue weighted by molar-refractivity contribution is 0.231. The molecule has 120 valence electrons. The zero-order chi connectivity index (χ0) is 15.7. The third-order valence-electron chi connectivity index (χ3n) is 3.93. The number of ether oxygens (including phenoxy) is 1. The third-order valence-corrected chi connectivity index (χ3v) is 3.93. The average molecular weight is 291 g/mol. The lowest BCUT2D eigenvalue weighted by atomic mass is 10.0. The quantitative estimate of drug-likeness (QED) is 0.648. The van der Waals surface area contributed by atoms with E-state index < -0.39 is 0 Å². The van der Waals surface area contributed by atoms with E-state index >= 15 is 0 Å². The fourth-order valence-corrected chi connectivity index (χ4v) is 2.41. The minimum absolute atomic E-state index is 0.492. The molecule has 2 heteroatoms. The number of rotatable bonds is 10. The SMILES string of the molecule is CCCCC(CC)COc1ccc(C)cc1CNC(C)C. The van der Waals surface area contributed by atoms with Gasteiger partial charge in [-0.1, -0.05) is 64.7 Å². The molecule has 1 aromatic rings. The lowest BCUT2D eigenvalue weighted by Gasteiger charge is -2.18. The van der Waals surface area contributed by atoms with Crippen LogP contribution in [0.4, 0.5) is 0 Å². The van der Waals surface area contributed by atoms with Gasteiger partial charge in [0.2, 0.25) is 0 Å². The Morgan fingerprint density at radius 2 is 1.95 bits per heavy atom. The molecule has 0 aliphatic carbocycles. The van der Waals surface area contributed by atoms with Gasteiger partial charge in [0.1, 0.15) is 5.75 Å². The second-order valence-corrected chi connectivity index (χ2v) is 6.37. The van der Waals surface area contributed by atoms with Crippen LogP contribution in [0.25, 0.3) is 0 Å². The van der Waals surface area contributed by atoms with Crippen molar-refractivity contribution in [3.63, 3.8) is 0 Å². The summed E-state index contributed by atoms with van der Waals surface area (Å²) in [6.45, 7) is 12.7. The number of nitrogens with one attached hydrogen (secondary N) is 1. The molecule has 21 heavy (non-hydrogen) atoms. The maximum atomic E-state index is 6.13. The van der Waals surface area contributed by atoms with Crippen LogP contribution < -0.4 is 10.1 Å². The smallest absolute Gasteiger partial charge is 0.123 e. The van der Waals surface area contributed by atoms with Crippen LogP contribution in [0.3, 0.4) is 0 Å². The Morgan fingerprint density at radius 1 is 1.19 bits per heavy atom. The Labute approximate surface area is 131 Å². The van der Waals surface area contributed by atoms with E-state index in [1.54, 1.807) is 0 Å². The van der Waals surface area contributed by atoms with E-state index in [0.29, 0.717) is 12.0 Å². The highest BCUT2D eigenvalue weighted by Crippen LogP contribution is 2.22. The van der Waals surface area contributed by atoms with Gasteiger partial charge in [-0.05, 0) is 25.3 Å². The number of unbranched alkanes of at least 4 members (excludes halogenated alkanes) is 1. The molecule has 0 aliphatic rings. The van der Waals surface area contributed by atoms with Crippen LogP contribution in [-0.4, -0.2) is 12.6 Å². The van der Waals surface area contributed by atoms with Crippen molar-refractivity contribution in [2.24, 2.45) is 5.92 Å². The molecular weight excluding hydrogens is 258 g/mol. The van der Waals surface area contributed by atoms with E-state index in [2.05, 4.69) is 58.1 Å². The van der Waals surface area contributed by atoms with Gasteiger partial charge in [0, 0.05) is 18.2 Å². The summed E-state index contributed by atoms with van der Waals surface area (Å²) in [6.07, 6.45) is 5.05. The molecule has 2 nitrogen and oxygen atoms in total. The highest BCUT2D eigenvalue weighted by atomic mass is 16.5. The maximum absolute atomic E-state index is 6.13. The summed E-state index contributed by atoms with van der Waals surface area (Å²) in [7, 11) is 0. The van der Waals surface area contributed by atoms with Crippen LogP contribution in [0.5, 0.6) is 5.75 Å². The first-order valence-corrected chi connectivity index (χ1v) is 8.52. The topological polar surface area (TPSA) is 21.3 Å². The highest BCUT2D eigenvalue weighted by molar-refractivity contribution is 5.36. The van der Waals surface area contributed by atoms with Gasteiger partial charge < -0.3 is 10.1 Å². The fraction of sp³-hybridized carbons (Fsp3) is 0.684. The second-order valence-electron chi connectivity index (χ2n) is 6.37. The Morgan fingerprint density at radius 3 is 2.57 bits per heavy atom. The minimum atomic E-state index is 0.492. The lowest BCUT2D eigenvalue weighted by Crippen LogP contribution is -2.22. The van der Waals surface area contributed by atoms with Crippen molar-refractivity contribution in [3.05, 3.63) is 29.3 Å². The molecule has 0 aromatic heterocycles. The Hall–Kier alpha value is -1.02. The third kappa shape index (κ3) is 6.99. The summed E-state index contributed by atoms with van der Waals surface area (Å²) in [5, 5.41) is 3.49. The van der Waals surface area contributed by atoms with Crippen molar-refractivity contribution in [3.8, 4) is 5.75 Å². The molecule has 0 bridgehead atoms. The molecule has 1 unspecified atom stereocenters. The van der Waals surface area contributed by atoms with Gasteiger partial charge in [0.15, 0.2) is 0 Å². The Bertz CT molecular complexity index is 401. The standard InChI is InChI=1S/C19H33NO/c1-6-8-9-17(7-2)14-21-19-11-10-16(5)12-18(19)13-20-15(3)4/h10-12,15,17,20H,6-9,13-14H2,1-5H3. The first kappa shape index (κ1) is 18.0. The molecule has 0 heterocycles. The molecular formula is C19H33NO. The van der Waals surface area contributed by atoms with Crippen molar-refractivity contribution in [1.82, 2.24) is 5.32 Å². The van der Waals surface area contributed by atoms with Gasteiger partial charge >= 0.3 is 0 Å². The predicted molar refractivity (Wildman–Crippen MR) is 92.0 cm³/mol. The molecule has 0 amide bonds. The Balaban J connectivity index is 2.63. The van der Waals surface area contributed by atoms with E-state index in [4.69, 9.17) is 4.74 Å².